The van der Waals surface area contributed by atoms with Gasteiger partial charge in [-0.3, -0.25) is 19.7 Å². The highest BCUT2D eigenvalue weighted by Crippen LogP contribution is 2.23. The molecule has 2 aromatic carbocycles. The van der Waals surface area contributed by atoms with Crippen LogP contribution in [0.5, 0.6) is 5.75 Å². The predicted octanol–water partition coefficient (Wildman–Crippen LogP) is 2.19. The lowest BCUT2D eigenvalue weighted by Gasteiger charge is -2.22. The van der Waals surface area contributed by atoms with Crippen LogP contribution in [0.3, 0.4) is 0 Å². The molecule has 0 heterocycles. The maximum atomic E-state index is 12.5. The number of nitrogens with two attached hydrogens (primary N) is 1. The smallest absolute Gasteiger partial charge is 0.272 e. The van der Waals surface area contributed by atoms with Gasteiger partial charge in [0.1, 0.15) is 5.75 Å². The van der Waals surface area contributed by atoms with E-state index in [1.54, 1.807) is 31.2 Å². The van der Waals surface area contributed by atoms with Crippen LogP contribution in [0, 0.1) is 17.0 Å². The number of nitrogens with zero attached hydrogens (tertiary/aromatic N) is 2. The van der Waals surface area contributed by atoms with E-state index in [4.69, 9.17) is 10.5 Å². The summed E-state index contributed by atoms with van der Waals surface area (Å²) in [7, 11) is 0. The first-order chi connectivity index (χ1) is 12.4. The summed E-state index contributed by atoms with van der Waals surface area (Å²) in [6, 6.07) is 13.1. The van der Waals surface area contributed by atoms with Crippen molar-refractivity contribution in [2.75, 3.05) is 18.1 Å². The Balaban J connectivity index is 2.08. The third kappa shape index (κ3) is 5.04. The summed E-state index contributed by atoms with van der Waals surface area (Å²) in [5.41, 5.74) is 6.22. The number of primary amides is 1. The lowest BCUT2D eigenvalue weighted by molar-refractivity contribution is -0.385. The third-order valence-corrected chi connectivity index (χ3v) is 3.68. The molecular weight excluding hydrogens is 338 g/mol. The zero-order valence-electron chi connectivity index (χ0n) is 14.3. The molecule has 2 aromatic rings. The second kappa shape index (κ2) is 8.61. The summed E-state index contributed by atoms with van der Waals surface area (Å²) < 4.78 is 5.46. The fourth-order valence-corrected chi connectivity index (χ4v) is 2.37. The molecular formula is C18H19N3O5. The normalized spacial score (nSPS) is 10.2. The SMILES string of the molecule is Cc1cc(OCC(=O)N(CCC(N)=O)c2ccccc2)ccc1[N+](=O)[O-]. The molecule has 0 fully saturated rings. The van der Waals surface area contributed by atoms with Crippen molar-refractivity contribution in [3.8, 4) is 5.75 Å². The van der Waals surface area contributed by atoms with E-state index in [9.17, 15) is 19.7 Å². The van der Waals surface area contributed by atoms with Gasteiger partial charge in [-0.2, -0.15) is 0 Å². The van der Waals surface area contributed by atoms with Crippen LogP contribution in [0.4, 0.5) is 11.4 Å². The molecule has 0 bridgehead atoms. The zero-order chi connectivity index (χ0) is 19.1. The van der Waals surface area contributed by atoms with Gasteiger partial charge in [0.2, 0.25) is 5.91 Å². The van der Waals surface area contributed by atoms with Crippen LogP contribution in [0.25, 0.3) is 0 Å². The van der Waals surface area contributed by atoms with Gasteiger partial charge in [0.15, 0.2) is 6.61 Å². The lowest BCUT2D eigenvalue weighted by Crippen LogP contribution is -2.37. The summed E-state index contributed by atoms with van der Waals surface area (Å²) in [6.07, 6.45) is 0.0251. The van der Waals surface area contributed by atoms with Gasteiger partial charge < -0.3 is 15.4 Å². The standard InChI is InChI=1S/C18H19N3O5/c1-13-11-15(7-8-16(13)21(24)25)26-12-18(23)20(10-9-17(19)22)14-5-3-2-4-6-14/h2-8,11H,9-10,12H2,1H3,(H2,19,22). The minimum Gasteiger partial charge on any atom is -0.484 e. The van der Waals surface area contributed by atoms with Crippen molar-refractivity contribution in [1.82, 2.24) is 0 Å². The molecule has 0 aliphatic heterocycles. The number of hydrogen-bond acceptors (Lipinski definition) is 5. The van der Waals surface area contributed by atoms with E-state index in [2.05, 4.69) is 0 Å². The molecule has 0 aliphatic rings. The number of aryl methyl sites for hydroxylation is 1. The molecule has 2 rings (SSSR count). The molecule has 0 aliphatic carbocycles. The van der Waals surface area contributed by atoms with Crippen molar-refractivity contribution < 1.29 is 19.2 Å². The van der Waals surface area contributed by atoms with E-state index < -0.39 is 10.8 Å². The first-order valence-corrected chi connectivity index (χ1v) is 7.90. The van der Waals surface area contributed by atoms with Gasteiger partial charge in [0.25, 0.3) is 11.6 Å². The number of anilines is 1. The number of carbonyl (C=O) groups is 2. The summed E-state index contributed by atoms with van der Waals surface area (Å²) in [5, 5.41) is 10.8. The van der Waals surface area contributed by atoms with Crippen LogP contribution in [-0.4, -0.2) is 29.9 Å². The molecule has 26 heavy (non-hydrogen) atoms. The van der Waals surface area contributed by atoms with Gasteiger partial charge in [-0.15, -0.1) is 0 Å². The highest BCUT2D eigenvalue weighted by Gasteiger charge is 2.18. The van der Waals surface area contributed by atoms with Gasteiger partial charge in [-0.1, -0.05) is 18.2 Å². The summed E-state index contributed by atoms with van der Waals surface area (Å²) in [6.45, 7) is 1.46. The van der Waals surface area contributed by atoms with Crippen molar-refractivity contribution in [2.45, 2.75) is 13.3 Å². The minimum atomic E-state index is -0.509. The minimum absolute atomic E-state index is 0.0175. The van der Waals surface area contributed by atoms with Gasteiger partial charge in [-0.05, 0) is 31.2 Å². The van der Waals surface area contributed by atoms with Crippen molar-refractivity contribution in [3.63, 3.8) is 0 Å². The average molecular weight is 357 g/mol. The Morgan fingerprint density at radius 3 is 2.46 bits per heavy atom. The molecule has 8 heteroatoms. The maximum Gasteiger partial charge on any atom is 0.272 e. The molecule has 8 nitrogen and oxygen atoms in total. The maximum absolute atomic E-state index is 12.5. The van der Waals surface area contributed by atoms with Crippen LogP contribution in [0.1, 0.15) is 12.0 Å². The molecule has 0 spiro atoms. The van der Waals surface area contributed by atoms with E-state index >= 15 is 0 Å². The van der Waals surface area contributed by atoms with Crippen molar-refractivity contribution in [1.29, 1.82) is 0 Å². The first-order valence-electron chi connectivity index (χ1n) is 7.90. The molecule has 136 valence electrons. The molecule has 0 atom stereocenters. The third-order valence-electron chi connectivity index (χ3n) is 3.68. The van der Waals surface area contributed by atoms with E-state index in [0.29, 0.717) is 17.0 Å². The molecule has 2 amide bonds. The van der Waals surface area contributed by atoms with E-state index in [1.807, 2.05) is 6.07 Å². The number of nitro benzene ring substituents is 1. The molecule has 0 radical (unpaired) electrons. The average Bonchev–Trinajstić information content (AvgIpc) is 2.60. The number of rotatable bonds is 8. The predicted molar refractivity (Wildman–Crippen MR) is 95.9 cm³/mol. The number of carbonyl (C=O) groups excluding carboxylic acids is 2. The topological polar surface area (TPSA) is 116 Å². The van der Waals surface area contributed by atoms with Gasteiger partial charge in [-0.25, -0.2) is 0 Å². The van der Waals surface area contributed by atoms with E-state index in [0.717, 1.165) is 0 Å². The van der Waals surface area contributed by atoms with Crippen molar-refractivity contribution in [3.05, 3.63) is 64.2 Å². The van der Waals surface area contributed by atoms with Gasteiger partial charge >= 0.3 is 0 Å². The van der Waals surface area contributed by atoms with Crippen LogP contribution in [0.15, 0.2) is 48.5 Å². The van der Waals surface area contributed by atoms with E-state index in [-0.39, 0.29) is 31.2 Å². The Morgan fingerprint density at radius 2 is 1.88 bits per heavy atom. The summed E-state index contributed by atoms with van der Waals surface area (Å²) in [5.74, 6) is -0.511. The number of para-hydroxylation sites is 1. The lowest BCUT2D eigenvalue weighted by atomic mass is 10.2. The second-order valence-corrected chi connectivity index (χ2v) is 5.59. The Kier molecular flexibility index (Phi) is 6.26. The number of benzene rings is 2. The van der Waals surface area contributed by atoms with Crippen LogP contribution >= 0.6 is 0 Å². The monoisotopic (exact) mass is 357 g/mol. The zero-order valence-corrected chi connectivity index (χ0v) is 14.3. The number of amides is 2. The van der Waals surface area contributed by atoms with Gasteiger partial charge in [0, 0.05) is 30.3 Å². The number of hydrogen-bond donors (Lipinski definition) is 1. The Labute approximate surface area is 150 Å². The molecule has 0 aromatic heterocycles. The van der Waals surface area contributed by atoms with Gasteiger partial charge in [0.05, 0.1) is 4.92 Å². The Morgan fingerprint density at radius 1 is 1.19 bits per heavy atom. The second-order valence-electron chi connectivity index (χ2n) is 5.59. The number of nitro groups is 1. The van der Waals surface area contributed by atoms with Crippen molar-refractivity contribution >= 4 is 23.2 Å². The Hall–Kier alpha value is -3.42. The summed E-state index contributed by atoms with van der Waals surface area (Å²) >= 11 is 0. The first kappa shape index (κ1) is 18.9. The van der Waals surface area contributed by atoms with E-state index in [1.165, 1.54) is 23.1 Å². The molecule has 0 unspecified atom stereocenters. The fraction of sp³-hybridized carbons (Fsp3) is 0.222. The fourth-order valence-electron chi connectivity index (χ4n) is 2.37. The summed E-state index contributed by atoms with van der Waals surface area (Å²) in [4.78, 5) is 35.4. The molecule has 0 saturated carbocycles. The molecule has 2 N–H and O–H groups in total. The van der Waals surface area contributed by atoms with Crippen LogP contribution < -0.4 is 15.4 Å². The number of ether oxygens (including phenoxy) is 1. The quantitative estimate of drug-likeness (QED) is 0.574. The van der Waals surface area contributed by atoms with Crippen LogP contribution in [-0.2, 0) is 9.59 Å². The highest BCUT2D eigenvalue weighted by molar-refractivity contribution is 5.95. The van der Waals surface area contributed by atoms with Crippen molar-refractivity contribution in [2.24, 2.45) is 5.73 Å². The molecule has 0 saturated heterocycles. The highest BCUT2D eigenvalue weighted by atomic mass is 16.6. The largest absolute Gasteiger partial charge is 0.484 e. The Bertz CT molecular complexity index is 808. The van der Waals surface area contributed by atoms with Crippen LogP contribution in [0.2, 0.25) is 0 Å².